The fourth-order valence-corrected chi connectivity index (χ4v) is 5.81. The number of aryl methyl sites for hydroxylation is 2. The summed E-state index contributed by atoms with van der Waals surface area (Å²) >= 11 is 0. The van der Waals surface area contributed by atoms with Crippen LogP contribution in [0.15, 0.2) is 150 Å². The van der Waals surface area contributed by atoms with Crippen molar-refractivity contribution in [2.75, 3.05) is 0 Å². The van der Waals surface area contributed by atoms with Crippen LogP contribution in [0.25, 0.3) is 55.6 Å². The molecule has 5 aromatic carbocycles. The van der Waals surface area contributed by atoms with Crippen LogP contribution in [0.5, 0.6) is 0 Å². The first-order valence-electron chi connectivity index (χ1n) is 15.9. The fourth-order valence-electron chi connectivity index (χ4n) is 5.81. The number of fused-ring (bicyclic) bond motifs is 3. The number of furan rings is 1. The number of pyridine rings is 2. The van der Waals surface area contributed by atoms with E-state index in [1.54, 1.807) is 0 Å². The van der Waals surface area contributed by atoms with E-state index >= 15 is 0 Å². The van der Waals surface area contributed by atoms with Crippen LogP contribution in [0.4, 0.5) is 0 Å². The third-order valence-electron chi connectivity index (χ3n) is 8.55. The standard InChI is InChI=1S/C31H22NO.C13H12N.Ir/c1-21(22-14-16-24(17-15-22)23-8-3-2-4-9-23)25-18-19-32-29(20-25)28-12-7-11-27-26-10-5-6-13-30(26)33-31(27)28;1-10-3-6-12(7-4-10)13-8-5-11(2)9-14-13;/h2-11,13-21H,1H3;3-6,8-9H,1-2H3;/q2*-1;. The summed E-state index contributed by atoms with van der Waals surface area (Å²) in [5.41, 5.74) is 12.9. The first-order valence-corrected chi connectivity index (χ1v) is 15.9. The van der Waals surface area contributed by atoms with Crippen LogP contribution >= 0.6 is 0 Å². The molecule has 0 saturated carbocycles. The maximum atomic E-state index is 6.21. The van der Waals surface area contributed by atoms with Crippen LogP contribution in [0.3, 0.4) is 0 Å². The Kier molecular flexibility index (Phi) is 10.1. The summed E-state index contributed by atoms with van der Waals surface area (Å²) in [6, 6.07) is 52.5. The molecule has 8 aromatic rings. The van der Waals surface area contributed by atoms with Gasteiger partial charge in [-0.15, -0.1) is 53.6 Å². The Hall–Kier alpha value is -5.15. The molecule has 3 aromatic heterocycles. The number of nitrogens with zero attached hydrogens (tertiary/aromatic N) is 2. The van der Waals surface area contributed by atoms with Crippen molar-refractivity contribution in [2.24, 2.45) is 0 Å². The van der Waals surface area contributed by atoms with Gasteiger partial charge in [-0.2, -0.15) is 0 Å². The molecule has 1 unspecified atom stereocenters. The number of hydrogen-bond donors (Lipinski definition) is 0. The van der Waals surface area contributed by atoms with Crippen LogP contribution in [-0.4, -0.2) is 9.97 Å². The van der Waals surface area contributed by atoms with Crippen molar-refractivity contribution in [3.63, 3.8) is 0 Å². The Morgan fingerprint density at radius 1 is 0.625 bits per heavy atom. The van der Waals surface area contributed by atoms with E-state index in [1.807, 2.05) is 67.8 Å². The normalized spacial score (nSPS) is 11.4. The molecule has 0 aliphatic heterocycles. The van der Waals surface area contributed by atoms with Crippen molar-refractivity contribution in [2.45, 2.75) is 26.7 Å². The SMILES string of the molecule is CC(c1ccc(-c2ccccc2)cc1)c1ccnc(-c2[c-]ccc3c2oc2ccccc23)c1.Cc1c[c-]c(-c2ccc(C)cn2)cc1.[Ir]. The summed E-state index contributed by atoms with van der Waals surface area (Å²) in [4.78, 5) is 9.02. The Morgan fingerprint density at radius 2 is 1.38 bits per heavy atom. The Balaban J connectivity index is 0.000000225. The zero-order valence-corrected chi connectivity index (χ0v) is 29.5. The topological polar surface area (TPSA) is 38.9 Å². The van der Waals surface area contributed by atoms with Crippen LogP contribution in [-0.2, 0) is 20.1 Å². The molecular weight excluding hydrogens is 765 g/mol. The van der Waals surface area contributed by atoms with Crippen LogP contribution in [0.2, 0.25) is 0 Å². The molecule has 8 rings (SSSR count). The minimum atomic E-state index is 0. The summed E-state index contributed by atoms with van der Waals surface area (Å²) in [6.45, 7) is 6.33. The molecule has 0 N–H and O–H groups in total. The van der Waals surface area contributed by atoms with Crippen molar-refractivity contribution in [3.8, 4) is 33.6 Å². The minimum Gasteiger partial charge on any atom is -0.501 e. The average molecular weight is 799 g/mol. The van der Waals surface area contributed by atoms with Crippen molar-refractivity contribution < 1.29 is 24.5 Å². The largest absolute Gasteiger partial charge is 0.501 e. The van der Waals surface area contributed by atoms with Gasteiger partial charge in [0.1, 0.15) is 5.58 Å². The van der Waals surface area contributed by atoms with Gasteiger partial charge < -0.3 is 14.4 Å². The van der Waals surface area contributed by atoms with Gasteiger partial charge in [0.2, 0.25) is 0 Å². The third kappa shape index (κ3) is 7.06. The van der Waals surface area contributed by atoms with E-state index in [-0.39, 0.29) is 26.0 Å². The summed E-state index contributed by atoms with van der Waals surface area (Å²) in [7, 11) is 0. The Labute approximate surface area is 295 Å². The second kappa shape index (κ2) is 14.7. The van der Waals surface area contributed by atoms with Crippen molar-refractivity contribution in [3.05, 3.63) is 180 Å². The second-order valence-corrected chi connectivity index (χ2v) is 11.9. The average Bonchev–Trinajstić information content (AvgIpc) is 3.52. The molecule has 0 spiro atoms. The molecule has 48 heavy (non-hydrogen) atoms. The van der Waals surface area contributed by atoms with Gasteiger partial charge in [0.25, 0.3) is 0 Å². The molecule has 3 nitrogen and oxygen atoms in total. The first kappa shape index (κ1) is 32.8. The Morgan fingerprint density at radius 3 is 2.12 bits per heavy atom. The molecule has 4 heteroatoms. The maximum absolute atomic E-state index is 6.21. The van der Waals surface area contributed by atoms with Crippen LogP contribution < -0.4 is 0 Å². The summed E-state index contributed by atoms with van der Waals surface area (Å²) in [5, 5.41) is 2.21. The fraction of sp³-hybridized carbons (Fsp3) is 0.0909. The summed E-state index contributed by atoms with van der Waals surface area (Å²) in [5.74, 6) is 0.242. The predicted molar refractivity (Wildman–Crippen MR) is 193 cm³/mol. The van der Waals surface area contributed by atoms with E-state index in [9.17, 15) is 0 Å². The smallest absolute Gasteiger partial charge is 0.120 e. The number of para-hydroxylation sites is 1. The van der Waals surface area contributed by atoms with Gasteiger partial charge in [0.15, 0.2) is 0 Å². The van der Waals surface area contributed by atoms with Gasteiger partial charge in [-0.05, 0) is 58.3 Å². The molecule has 0 fully saturated rings. The minimum absolute atomic E-state index is 0. The molecule has 0 aliphatic rings. The summed E-state index contributed by atoms with van der Waals surface area (Å²) in [6.07, 6.45) is 3.76. The van der Waals surface area contributed by atoms with Gasteiger partial charge in [0, 0.05) is 43.8 Å². The molecule has 237 valence electrons. The number of rotatable bonds is 5. The Bertz CT molecular complexity index is 2210. The maximum Gasteiger partial charge on any atom is 0.120 e. The first-order chi connectivity index (χ1) is 23.0. The predicted octanol–water partition coefficient (Wildman–Crippen LogP) is 11.4. The van der Waals surface area contributed by atoms with E-state index in [4.69, 9.17) is 4.42 Å². The molecule has 0 saturated heterocycles. The van der Waals surface area contributed by atoms with Crippen LogP contribution in [0, 0.1) is 26.0 Å². The van der Waals surface area contributed by atoms with Gasteiger partial charge in [-0.25, -0.2) is 0 Å². The second-order valence-electron chi connectivity index (χ2n) is 11.9. The van der Waals surface area contributed by atoms with E-state index < -0.39 is 0 Å². The molecule has 3 heterocycles. The van der Waals surface area contributed by atoms with E-state index in [1.165, 1.54) is 33.4 Å². The van der Waals surface area contributed by atoms with E-state index in [0.29, 0.717) is 0 Å². The number of aromatic nitrogens is 2. The molecule has 1 radical (unpaired) electrons. The van der Waals surface area contributed by atoms with E-state index in [0.717, 1.165) is 44.5 Å². The third-order valence-corrected chi connectivity index (χ3v) is 8.55. The quantitative estimate of drug-likeness (QED) is 0.163. The monoisotopic (exact) mass is 799 g/mol. The van der Waals surface area contributed by atoms with Gasteiger partial charge in [-0.1, -0.05) is 116 Å². The summed E-state index contributed by atoms with van der Waals surface area (Å²) < 4.78 is 6.21. The van der Waals surface area contributed by atoms with Gasteiger partial charge in [0.05, 0.1) is 5.58 Å². The number of hydrogen-bond acceptors (Lipinski definition) is 3. The van der Waals surface area contributed by atoms with Gasteiger partial charge in [-0.3, -0.25) is 0 Å². The van der Waals surface area contributed by atoms with Crippen molar-refractivity contribution in [1.82, 2.24) is 9.97 Å². The molecular formula is C44H34IrN2O-2. The van der Waals surface area contributed by atoms with Crippen molar-refractivity contribution >= 4 is 21.9 Å². The molecule has 0 amide bonds. The van der Waals surface area contributed by atoms with Crippen molar-refractivity contribution in [1.29, 1.82) is 0 Å². The zero-order chi connectivity index (χ0) is 32.2. The zero-order valence-electron chi connectivity index (χ0n) is 27.1. The molecule has 0 aliphatic carbocycles. The van der Waals surface area contributed by atoms with E-state index in [2.05, 4.69) is 121 Å². The molecule has 1 atom stereocenters. The van der Waals surface area contributed by atoms with Crippen LogP contribution in [0.1, 0.15) is 35.1 Å². The number of benzene rings is 5. The van der Waals surface area contributed by atoms with Gasteiger partial charge >= 0.3 is 0 Å². The molecule has 0 bridgehead atoms.